The van der Waals surface area contributed by atoms with Crippen LogP contribution in [-0.4, -0.2) is 48.3 Å². The smallest absolute Gasteiger partial charge is 0.242 e. The zero-order chi connectivity index (χ0) is 23.7. The Morgan fingerprint density at radius 3 is 1.91 bits per heavy atom. The molecule has 2 rings (SSSR count). The number of hydrogen-bond acceptors (Lipinski definition) is 5. The van der Waals surface area contributed by atoms with Crippen LogP contribution in [0.2, 0.25) is 0 Å². The molecule has 0 aliphatic carbocycles. The van der Waals surface area contributed by atoms with Crippen LogP contribution in [0, 0.1) is 0 Å². The van der Waals surface area contributed by atoms with Gasteiger partial charge in [0.05, 0.1) is 20.0 Å². The molecule has 2 amide bonds. The summed E-state index contributed by atoms with van der Waals surface area (Å²) in [6, 6.07) is 14.8. The van der Waals surface area contributed by atoms with Crippen molar-refractivity contribution < 1.29 is 19.1 Å². The lowest BCUT2D eigenvalue weighted by Crippen LogP contribution is -2.52. The topological polar surface area (TPSA) is 67.9 Å². The van der Waals surface area contributed by atoms with E-state index < -0.39 is 6.04 Å². The molecule has 0 saturated carbocycles. The van der Waals surface area contributed by atoms with Gasteiger partial charge < -0.3 is 19.7 Å². The van der Waals surface area contributed by atoms with Gasteiger partial charge in [0.2, 0.25) is 11.8 Å². The molecule has 0 radical (unpaired) electrons. The van der Waals surface area contributed by atoms with E-state index in [0.29, 0.717) is 12.3 Å². The minimum Gasteiger partial charge on any atom is -0.497 e. The first kappa shape index (κ1) is 25.6. The van der Waals surface area contributed by atoms with Crippen LogP contribution in [0.15, 0.2) is 48.5 Å². The Balaban J connectivity index is 2.08. The van der Waals surface area contributed by atoms with Gasteiger partial charge in [-0.3, -0.25) is 9.59 Å². The van der Waals surface area contributed by atoms with E-state index in [1.54, 1.807) is 26.0 Å². The standard InChI is InChI=1S/C25H34N2O4S/c1-18(24(29)26-25(2,3)4)27(15-19-7-11-21(30-5)12-8-19)23(28)17-32-16-20-9-13-22(31-6)14-10-20/h7-14,18H,15-17H2,1-6H3,(H,26,29). The third-order valence-electron chi connectivity index (χ3n) is 4.83. The molecule has 1 atom stereocenters. The largest absolute Gasteiger partial charge is 0.497 e. The van der Waals surface area contributed by atoms with Crippen molar-refractivity contribution in [3.05, 3.63) is 59.7 Å². The summed E-state index contributed by atoms with van der Waals surface area (Å²) in [7, 11) is 3.25. The first-order valence-corrected chi connectivity index (χ1v) is 11.7. The molecule has 7 heteroatoms. The molecule has 174 valence electrons. The van der Waals surface area contributed by atoms with Crippen molar-refractivity contribution in [2.24, 2.45) is 0 Å². The van der Waals surface area contributed by atoms with Crippen LogP contribution < -0.4 is 14.8 Å². The molecule has 0 spiro atoms. The van der Waals surface area contributed by atoms with Crippen LogP contribution in [0.25, 0.3) is 0 Å². The fourth-order valence-corrected chi connectivity index (χ4v) is 3.92. The van der Waals surface area contributed by atoms with Crippen LogP contribution in [-0.2, 0) is 21.9 Å². The van der Waals surface area contributed by atoms with E-state index >= 15 is 0 Å². The number of methoxy groups -OCH3 is 2. The molecule has 2 aromatic carbocycles. The summed E-state index contributed by atoms with van der Waals surface area (Å²) < 4.78 is 10.4. The molecule has 0 aromatic heterocycles. The van der Waals surface area contributed by atoms with Crippen molar-refractivity contribution in [2.75, 3.05) is 20.0 Å². The number of carbonyl (C=O) groups is 2. The number of nitrogens with one attached hydrogen (secondary N) is 1. The lowest BCUT2D eigenvalue weighted by Gasteiger charge is -2.31. The van der Waals surface area contributed by atoms with E-state index in [4.69, 9.17) is 9.47 Å². The van der Waals surface area contributed by atoms with Crippen molar-refractivity contribution in [2.45, 2.75) is 51.6 Å². The summed E-state index contributed by atoms with van der Waals surface area (Å²) in [4.78, 5) is 27.6. The predicted octanol–water partition coefficient (Wildman–Crippen LogP) is 4.27. The van der Waals surface area contributed by atoms with Crippen LogP contribution in [0.4, 0.5) is 0 Å². The molecular formula is C25H34N2O4S. The quantitative estimate of drug-likeness (QED) is 0.576. The molecule has 2 aromatic rings. The van der Waals surface area contributed by atoms with Gasteiger partial charge >= 0.3 is 0 Å². The second kappa shape index (κ2) is 11.8. The molecule has 0 heterocycles. The van der Waals surface area contributed by atoms with E-state index in [9.17, 15) is 9.59 Å². The Hall–Kier alpha value is -2.67. The fraction of sp³-hybridized carbons (Fsp3) is 0.440. The highest BCUT2D eigenvalue weighted by atomic mass is 32.2. The van der Waals surface area contributed by atoms with Gasteiger partial charge in [0.15, 0.2) is 0 Å². The average Bonchev–Trinajstić information content (AvgIpc) is 2.76. The molecule has 0 fully saturated rings. The van der Waals surface area contributed by atoms with Crippen LogP contribution in [0.3, 0.4) is 0 Å². The molecule has 1 N–H and O–H groups in total. The summed E-state index contributed by atoms with van der Waals surface area (Å²) in [6.45, 7) is 7.91. The van der Waals surface area contributed by atoms with Crippen LogP contribution in [0.1, 0.15) is 38.8 Å². The molecular weight excluding hydrogens is 424 g/mol. The average molecular weight is 459 g/mol. The lowest BCUT2D eigenvalue weighted by atomic mass is 10.1. The number of nitrogens with zero attached hydrogens (tertiary/aromatic N) is 1. The minimum atomic E-state index is -0.592. The summed E-state index contributed by atoms with van der Waals surface area (Å²) in [5.41, 5.74) is 1.68. The van der Waals surface area contributed by atoms with Gasteiger partial charge in [-0.25, -0.2) is 0 Å². The zero-order valence-electron chi connectivity index (χ0n) is 19.8. The summed E-state index contributed by atoms with van der Waals surface area (Å²) in [5, 5.41) is 2.98. The van der Waals surface area contributed by atoms with Crippen molar-refractivity contribution >= 4 is 23.6 Å². The maximum Gasteiger partial charge on any atom is 0.242 e. The van der Waals surface area contributed by atoms with Gasteiger partial charge in [-0.2, -0.15) is 0 Å². The summed E-state index contributed by atoms with van der Waals surface area (Å²) >= 11 is 1.53. The highest BCUT2D eigenvalue weighted by Crippen LogP contribution is 2.19. The second-order valence-electron chi connectivity index (χ2n) is 8.63. The van der Waals surface area contributed by atoms with Gasteiger partial charge in [-0.05, 0) is 63.1 Å². The van der Waals surface area contributed by atoms with Crippen molar-refractivity contribution in [3.8, 4) is 11.5 Å². The van der Waals surface area contributed by atoms with E-state index in [1.807, 2.05) is 69.3 Å². The highest BCUT2D eigenvalue weighted by Gasteiger charge is 2.28. The summed E-state index contributed by atoms with van der Waals surface area (Å²) in [5.74, 6) is 2.30. The SMILES string of the molecule is COc1ccc(CSCC(=O)N(Cc2ccc(OC)cc2)C(C)C(=O)NC(C)(C)C)cc1. The van der Waals surface area contributed by atoms with Gasteiger partial charge in [-0.15, -0.1) is 11.8 Å². The van der Waals surface area contributed by atoms with Crippen molar-refractivity contribution in [1.82, 2.24) is 10.2 Å². The number of hydrogen-bond donors (Lipinski definition) is 1. The molecule has 0 aliphatic heterocycles. The first-order chi connectivity index (χ1) is 15.1. The molecule has 0 bridgehead atoms. The molecule has 6 nitrogen and oxygen atoms in total. The Morgan fingerprint density at radius 1 is 0.938 bits per heavy atom. The number of amides is 2. The fourth-order valence-electron chi connectivity index (χ4n) is 3.05. The summed E-state index contributed by atoms with van der Waals surface area (Å²) in [6.07, 6.45) is 0. The monoisotopic (exact) mass is 458 g/mol. The normalized spacial score (nSPS) is 12.1. The van der Waals surface area contributed by atoms with E-state index in [0.717, 1.165) is 22.6 Å². The van der Waals surface area contributed by atoms with Gasteiger partial charge in [-0.1, -0.05) is 24.3 Å². The van der Waals surface area contributed by atoms with Crippen molar-refractivity contribution in [1.29, 1.82) is 0 Å². The van der Waals surface area contributed by atoms with Gasteiger partial charge in [0.1, 0.15) is 17.5 Å². The van der Waals surface area contributed by atoms with E-state index in [1.165, 1.54) is 11.8 Å². The van der Waals surface area contributed by atoms with Crippen LogP contribution in [0.5, 0.6) is 11.5 Å². The Labute approximate surface area is 195 Å². The molecule has 0 aliphatic rings. The number of ether oxygens (including phenoxy) is 2. The lowest BCUT2D eigenvalue weighted by molar-refractivity contribution is -0.139. The van der Waals surface area contributed by atoms with Crippen molar-refractivity contribution in [3.63, 3.8) is 0 Å². The second-order valence-corrected chi connectivity index (χ2v) is 9.61. The molecule has 0 saturated heterocycles. The highest BCUT2D eigenvalue weighted by molar-refractivity contribution is 7.99. The maximum atomic E-state index is 13.2. The predicted molar refractivity (Wildman–Crippen MR) is 130 cm³/mol. The molecule has 32 heavy (non-hydrogen) atoms. The molecule has 1 unspecified atom stereocenters. The van der Waals surface area contributed by atoms with Gasteiger partial charge in [0, 0.05) is 17.8 Å². The number of carbonyl (C=O) groups excluding carboxylic acids is 2. The third kappa shape index (κ3) is 8.11. The Bertz CT molecular complexity index is 876. The maximum absolute atomic E-state index is 13.2. The van der Waals surface area contributed by atoms with Crippen LogP contribution >= 0.6 is 11.8 Å². The van der Waals surface area contributed by atoms with Gasteiger partial charge in [0.25, 0.3) is 0 Å². The first-order valence-electron chi connectivity index (χ1n) is 10.6. The number of thioether (sulfide) groups is 1. The van der Waals surface area contributed by atoms with E-state index in [2.05, 4.69) is 5.32 Å². The number of rotatable bonds is 10. The third-order valence-corrected chi connectivity index (χ3v) is 5.82. The Kier molecular flexibility index (Phi) is 9.44. The zero-order valence-corrected chi connectivity index (χ0v) is 20.6. The minimum absolute atomic E-state index is 0.0733. The Morgan fingerprint density at radius 2 is 1.44 bits per heavy atom. The van der Waals surface area contributed by atoms with E-state index in [-0.39, 0.29) is 23.1 Å². The number of benzene rings is 2.